The van der Waals surface area contributed by atoms with Crippen LogP contribution in [-0.4, -0.2) is 14.0 Å². The Hall–Kier alpha value is -0.850. The lowest BCUT2D eigenvalue weighted by atomic mass is 10.0. The van der Waals surface area contributed by atoms with Gasteiger partial charge in [-0.3, -0.25) is 0 Å². The van der Waals surface area contributed by atoms with Gasteiger partial charge in [0.25, 0.3) is 10.0 Å². The van der Waals surface area contributed by atoms with Gasteiger partial charge in [-0.2, -0.15) is 0 Å². The molecule has 1 heterocycles. The van der Waals surface area contributed by atoms with Crippen LogP contribution in [0.4, 0.5) is 0 Å². The fraction of sp³-hybridized carbons (Fsp3) is 0.636. The van der Waals surface area contributed by atoms with E-state index in [2.05, 4.69) is 4.72 Å². The highest BCUT2D eigenvalue weighted by atomic mass is 32.2. The summed E-state index contributed by atoms with van der Waals surface area (Å²) in [6, 6.07) is 3.04. The van der Waals surface area contributed by atoms with E-state index in [1.54, 1.807) is 6.07 Å². The van der Waals surface area contributed by atoms with Crippen molar-refractivity contribution < 1.29 is 12.8 Å². The zero-order valence-corrected chi connectivity index (χ0v) is 10.7. The molecule has 1 aliphatic carbocycles. The molecule has 1 aromatic rings. The highest BCUT2D eigenvalue weighted by Gasteiger charge is 2.34. The van der Waals surface area contributed by atoms with E-state index in [0.29, 0.717) is 5.76 Å². The molecule has 3 N–H and O–H groups in total. The standard InChI is InChI=1S/C11H18N2O3S/c1-11(6-2-3-7-11)13-17(14,15)10-5-4-9(8-12)16-10/h4-5,13H,2-3,6-8,12H2,1H3. The van der Waals surface area contributed by atoms with Gasteiger partial charge in [0.15, 0.2) is 0 Å². The van der Waals surface area contributed by atoms with Crippen LogP contribution in [0, 0.1) is 0 Å². The highest BCUT2D eigenvalue weighted by Crippen LogP contribution is 2.30. The SMILES string of the molecule is CC1(NS(=O)(=O)c2ccc(CN)o2)CCCC1. The fourth-order valence-corrected chi connectivity index (χ4v) is 3.66. The van der Waals surface area contributed by atoms with Gasteiger partial charge in [-0.1, -0.05) is 12.8 Å². The van der Waals surface area contributed by atoms with Crippen molar-refractivity contribution in [3.8, 4) is 0 Å². The smallest absolute Gasteiger partial charge is 0.274 e. The predicted octanol–water partition coefficient (Wildman–Crippen LogP) is 1.35. The number of sulfonamides is 1. The molecule has 17 heavy (non-hydrogen) atoms. The number of hydrogen-bond donors (Lipinski definition) is 2. The monoisotopic (exact) mass is 258 g/mol. The minimum Gasteiger partial charge on any atom is -0.447 e. The summed E-state index contributed by atoms with van der Waals surface area (Å²) < 4.78 is 32.1. The molecule has 1 aliphatic rings. The molecule has 0 amide bonds. The van der Waals surface area contributed by atoms with Gasteiger partial charge in [0.1, 0.15) is 5.76 Å². The number of nitrogens with one attached hydrogen (secondary N) is 1. The summed E-state index contributed by atoms with van der Waals surface area (Å²) in [7, 11) is -3.56. The minimum absolute atomic E-state index is 0.0499. The first-order valence-electron chi connectivity index (χ1n) is 5.78. The molecule has 0 atom stereocenters. The first-order valence-corrected chi connectivity index (χ1v) is 7.26. The predicted molar refractivity (Wildman–Crippen MR) is 63.8 cm³/mol. The summed E-state index contributed by atoms with van der Waals surface area (Å²) in [5.74, 6) is 0.474. The van der Waals surface area contributed by atoms with Gasteiger partial charge in [-0.15, -0.1) is 0 Å². The Morgan fingerprint density at radius 1 is 1.41 bits per heavy atom. The molecule has 0 saturated heterocycles. The second kappa shape index (κ2) is 4.44. The fourth-order valence-electron chi connectivity index (χ4n) is 2.24. The van der Waals surface area contributed by atoms with Crippen molar-refractivity contribution >= 4 is 10.0 Å². The van der Waals surface area contributed by atoms with Crippen LogP contribution in [0.3, 0.4) is 0 Å². The lowest BCUT2D eigenvalue weighted by Crippen LogP contribution is -2.43. The summed E-state index contributed by atoms with van der Waals surface area (Å²) in [6.07, 6.45) is 3.86. The number of rotatable bonds is 4. The molecule has 6 heteroatoms. The molecule has 5 nitrogen and oxygen atoms in total. The average molecular weight is 258 g/mol. The molecule has 1 saturated carbocycles. The molecule has 1 fully saturated rings. The highest BCUT2D eigenvalue weighted by molar-refractivity contribution is 7.89. The van der Waals surface area contributed by atoms with Gasteiger partial charge in [-0.25, -0.2) is 13.1 Å². The van der Waals surface area contributed by atoms with Crippen LogP contribution in [-0.2, 0) is 16.6 Å². The molecule has 0 bridgehead atoms. The molecular formula is C11H18N2O3S. The molecule has 0 unspecified atom stereocenters. The maximum Gasteiger partial charge on any atom is 0.274 e. The maximum absolute atomic E-state index is 12.1. The molecule has 96 valence electrons. The maximum atomic E-state index is 12.1. The topological polar surface area (TPSA) is 85.3 Å². The molecule has 0 aromatic carbocycles. The lowest BCUT2D eigenvalue weighted by molar-refractivity contribution is 0.389. The van der Waals surface area contributed by atoms with Crippen molar-refractivity contribution in [3.05, 3.63) is 17.9 Å². The molecule has 2 rings (SSSR count). The Balaban J connectivity index is 2.18. The van der Waals surface area contributed by atoms with E-state index in [9.17, 15) is 8.42 Å². The van der Waals surface area contributed by atoms with Crippen LogP contribution in [0.5, 0.6) is 0 Å². The summed E-state index contributed by atoms with van der Waals surface area (Å²) in [5, 5.41) is -0.0499. The first-order chi connectivity index (χ1) is 7.95. The molecular weight excluding hydrogens is 240 g/mol. The summed E-state index contributed by atoms with van der Waals surface area (Å²) in [5.41, 5.74) is 5.05. The minimum atomic E-state index is -3.56. The van der Waals surface area contributed by atoms with Crippen molar-refractivity contribution in [2.45, 2.75) is 49.8 Å². The Morgan fingerprint density at radius 2 is 2.06 bits per heavy atom. The number of nitrogens with two attached hydrogens (primary N) is 1. The molecule has 1 aromatic heterocycles. The van der Waals surface area contributed by atoms with Gasteiger partial charge in [-0.05, 0) is 31.9 Å². The van der Waals surface area contributed by atoms with Gasteiger partial charge in [0.2, 0.25) is 5.09 Å². The molecule has 0 radical (unpaired) electrons. The van der Waals surface area contributed by atoms with Crippen molar-refractivity contribution in [1.29, 1.82) is 0 Å². The third-order valence-electron chi connectivity index (χ3n) is 3.19. The zero-order valence-electron chi connectivity index (χ0n) is 9.90. The number of hydrogen-bond acceptors (Lipinski definition) is 4. The summed E-state index contributed by atoms with van der Waals surface area (Å²) in [4.78, 5) is 0. The van der Waals surface area contributed by atoms with Crippen LogP contribution >= 0.6 is 0 Å². The van der Waals surface area contributed by atoms with Crippen molar-refractivity contribution in [2.24, 2.45) is 5.73 Å². The van der Waals surface area contributed by atoms with E-state index < -0.39 is 10.0 Å². The quantitative estimate of drug-likeness (QED) is 0.853. The summed E-state index contributed by atoms with van der Waals surface area (Å²) in [6.45, 7) is 2.14. The summed E-state index contributed by atoms with van der Waals surface area (Å²) >= 11 is 0. The third kappa shape index (κ3) is 2.70. The van der Waals surface area contributed by atoms with E-state index in [1.807, 2.05) is 6.92 Å². The van der Waals surface area contributed by atoms with Gasteiger partial charge < -0.3 is 10.2 Å². The van der Waals surface area contributed by atoms with Crippen LogP contribution in [0.1, 0.15) is 38.4 Å². The van der Waals surface area contributed by atoms with E-state index >= 15 is 0 Å². The lowest BCUT2D eigenvalue weighted by Gasteiger charge is -2.23. The first kappa shape index (κ1) is 12.6. The van der Waals surface area contributed by atoms with Crippen molar-refractivity contribution in [2.75, 3.05) is 0 Å². The largest absolute Gasteiger partial charge is 0.447 e. The van der Waals surface area contributed by atoms with Crippen molar-refractivity contribution in [3.63, 3.8) is 0 Å². The van der Waals surface area contributed by atoms with E-state index in [-0.39, 0.29) is 17.2 Å². The van der Waals surface area contributed by atoms with Crippen LogP contribution in [0.2, 0.25) is 0 Å². The molecule has 0 aliphatic heterocycles. The average Bonchev–Trinajstić information content (AvgIpc) is 2.85. The Morgan fingerprint density at radius 3 is 2.59 bits per heavy atom. The third-order valence-corrected chi connectivity index (χ3v) is 4.70. The van der Waals surface area contributed by atoms with Crippen LogP contribution < -0.4 is 10.5 Å². The second-order valence-electron chi connectivity index (χ2n) is 4.80. The second-order valence-corrected chi connectivity index (χ2v) is 6.41. The van der Waals surface area contributed by atoms with E-state index in [4.69, 9.17) is 10.2 Å². The van der Waals surface area contributed by atoms with Crippen LogP contribution in [0.15, 0.2) is 21.6 Å². The van der Waals surface area contributed by atoms with E-state index in [0.717, 1.165) is 25.7 Å². The number of furan rings is 1. The Labute approximate surface area is 101 Å². The van der Waals surface area contributed by atoms with E-state index in [1.165, 1.54) is 6.07 Å². The van der Waals surface area contributed by atoms with Crippen LogP contribution in [0.25, 0.3) is 0 Å². The van der Waals surface area contributed by atoms with Gasteiger partial charge >= 0.3 is 0 Å². The Bertz CT molecular complexity index is 487. The van der Waals surface area contributed by atoms with Gasteiger partial charge in [0, 0.05) is 5.54 Å². The van der Waals surface area contributed by atoms with Gasteiger partial charge in [0.05, 0.1) is 6.54 Å². The Kier molecular flexibility index (Phi) is 3.29. The normalized spacial score (nSPS) is 19.6. The zero-order chi connectivity index (χ0) is 12.5. The molecule has 0 spiro atoms. The van der Waals surface area contributed by atoms with Crippen molar-refractivity contribution in [1.82, 2.24) is 4.72 Å².